The first-order valence-electron chi connectivity index (χ1n) is 5.46. The summed E-state index contributed by atoms with van der Waals surface area (Å²) in [6, 6.07) is 3.44. The van der Waals surface area contributed by atoms with Crippen molar-refractivity contribution in [3.63, 3.8) is 0 Å². The molecule has 17 heavy (non-hydrogen) atoms. The summed E-state index contributed by atoms with van der Waals surface area (Å²) in [6.45, 7) is 5.91. The molecule has 4 heteroatoms. The first kappa shape index (κ1) is 14.0. The number of halogens is 4. The van der Waals surface area contributed by atoms with Gasteiger partial charge in [-0.15, -0.1) is 0 Å². The van der Waals surface area contributed by atoms with Crippen LogP contribution >= 0.6 is 0 Å². The van der Waals surface area contributed by atoms with Crippen LogP contribution in [-0.4, -0.2) is 0 Å². The number of aryl methyl sites for hydroxylation is 1. The lowest BCUT2D eigenvalue weighted by Crippen LogP contribution is -2.12. The van der Waals surface area contributed by atoms with Crippen LogP contribution in [-0.2, 0) is 12.6 Å². The van der Waals surface area contributed by atoms with E-state index in [4.69, 9.17) is 0 Å². The summed E-state index contributed by atoms with van der Waals surface area (Å²) >= 11 is 0. The monoisotopic (exact) mass is 248 g/mol. The highest BCUT2D eigenvalue weighted by Crippen LogP contribution is 2.33. The lowest BCUT2D eigenvalue weighted by Gasteiger charge is -2.18. The second-order valence-electron chi connectivity index (χ2n) is 5.34. The van der Waals surface area contributed by atoms with Crippen LogP contribution in [0.4, 0.5) is 17.6 Å². The van der Waals surface area contributed by atoms with Crippen LogP contribution in [0.15, 0.2) is 18.2 Å². The quantitative estimate of drug-likeness (QED) is 0.658. The molecule has 0 aliphatic carbocycles. The molecule has 0 saturated heterocycles. The topological polar surface area (TPSA) is 0 Å². The van der Waals surface area contributed by atoms with Gasteiger partial charge in [0.05, 0.1) is 5.56 Å². The minimum absolute atomic E-state index is 0.0271. The van der Waals surface area contributed by atoms with Crippen LogP contribution in [0, 0.1) is 11.2 Å². The van der Waals surface area contributed by atoms with E-state index in [1.165, 1.54) is 12.1 Å². The lowest BCUT2D eigenvalue weighted by molar-refractivity contribution is -0.140. The third-order valence-corrected chi connectivity index (χ3v) is 2.53. The molecule has 0 amide bonds. The van der Waals surface area contributed by atoms with Crippen molar-refractivity contribution in [1.29, 1.82) is 0 Å². The largest absolute Gasteiger partial charge is 0.419 e. The maximum atomic E-state index is 13.6. The number of benzene rings is 1. The molecular weight excluding hydrogens is 232 g/mol. The van der Waals surface area contributed by atoms with Crippen LogP contribution in [0.25, 0.3) is 0 Å². The van der Waals surface area contributed by atoms with Crippen LogP contribution in [0.5, 0.6) is 0 Å². The summed E-state index contributed by atoms with van der Waals surface area (Å²) in [5, 5.41) is 0. The van der Waals surface area contributed by atoms with Crippen molar-refractivity contribution in [2.24, 2.45) is 5.41 Å². The van der Waals surface area contributed by atoms with Crippen molar-refractivity contribution < 1.29 is 17.6 Å². The fourth-order valence-electron chi connectivity index (χ4n) is 1.50. The predicted molar refractivity (Wildman–Crippen MR) is 59.2 cm³/mol. The van der Waals surface area contributed by atoms with Crippen molar-refractivity contribution in [1.82, 2.24) is 0 Å². The molecule has 0 bridgehead atoms. The molecule has 0 radical (unpaired) electrons. The summed E-state index contributed by atoms with van der Waals surface area (Å²) in [7, 11) is 0. The highest BCUT2D eigenvalue weighted by molar-refractivity contribution is 5.28. The van der Waals surface area contributed by atoms with Crippen LogP contribution < -0.4 is 0 Å². The molecule has 0 aromatic heterocycles. The van der Waals surface area contributed by atoms with E-state index in [9.17, 15) is 17.6 Å². The number of hydrogen-bond donors (Lipinski definition) is 0. The van der Waals surface area contributed by atoms with E-state index in [1.54, 1.807) is 0 Å². The highest BCUT2D eigenvalue weighted by atomic mass is 19.4. The van der Waals surface area contributed by atoms with Gasteiger partial charge >= 0.3 is 6.18 Å². The van der Waals surface area contributed by atoms with Crippen molar-refractivity contribution in [3.8, 4) is 0 Å². The van der Waals surface area contributed by atoms with Crippen molar-refractivity contribution in [2.45, 2.75) is 39.8 Å². The van der Waals surface area contributed by atoms with Crippen molar-refractivity contribution in [3.05, 3.63) is 35.1 Å². The average Bonchev–Trinajstić information content (AvgIpc) is 2.13. The number of alkyl halides is 3. The maximum absolute atomic E-state index is 13.6. The third kappa shape index (κ3) is 4.02. The molecule has 1 aromatic rings. The molecule has 0 unspecified atom stereocenters. The SMILES string of the molecule is CC(C)(C)CCc1cccc(C(F)(F)F)c1F. The van der Waals surface area contributed by atoms with Gasteiger partial charge in [0.2, 0.25) is 0 Å². The molecule has 1 aromatic carbocycles. The molecule has 1 rings (SSSR count). The zero-order chi connectivity index (χ0) is 13.3. The summed E-state index contributed by atoms with van der Waals surface area (Å²) in [5.41, 5.74) is -1.07. The molecule has 0 nitrogen and oxygen atoms in total. The molecule has 0 fully saturated rings. The number of rotatable bonds is 2. The zero-order valence-electron chi connectivity index (χ0n) is 10.2. The van der Waals surface area contributed by atoms with Crippen molar-refractivity contribution in [2.75, 3.05) is 0 Å². The van der Waals surface area contributed by atoms with Gasteiger partial charge in [-0.25, -0.2) is 4.39 Å². The second kappa shape index (κ2) is 4.67. The van der Waals surface area contributed by atoms with Gasteiger partial charge in [-0.3, -0.25) is 0 Å². The van der Waals surface area contributed by atoms with Gasteiger partial charge in [-0.2, -0.15) is 13.2 Å². The van der Waals surface area contributed by atoms with E-state index >= 15 is 0 Å². The molecule has 0 spiro atoms. The average molecular weight is 248 g/mol. The van der Waals surface area contributed by atoms with Gasteiger partial charge in [0.1, 0.15) is 5.82 Å². The summed E-state index contributed by atoms with van der Waals surface area (Å²) < 4.78 is 51.0. The Kier molecular flexibility index (Phi) is 3.84. The normalized spacial score (nSPS) is 12.9. The Balaban J connectivity index is 2.96. The maximum Gasteiger partial charge on any atom is 0.419 e. The van der Waals surface area contributed by atoms with Crippen molar-refractivity contribution >= 4 is 0 Å². The van der Waals surface area contributed by atoms with Gasteiger partial charge in [-0.05, 0) is 29.9 Å². The zero-order valence-corrected chi connectivity index (χ0v) is 10.2. The molecule has 0 N–H and O–H groups in total. The molecule has 0 aliphatic rings. The Morgan fingerprint density at radius 3 is 2.12 bits per heavy atom. The van der Waals surface area contributed by atoms with Gasteiger partial charge in [0.25, 0.3) is 0 Å². The Hall–Kier alpha value is -1.06. The molecular formula is C13H16F4. The van der Waals surface area contributed by atoms with Crippen LogP contribution in [0.1, 0.15) is 38.3 Å². The molecule has 0 heterocycles. The van der Waals surface area contributed by atoms with Gasteiger partial charge in [0.15, 0.2) is 0 Å². The van der Waals surface area contributed by atoms with E-state index in [-0.39, 0.29) is 11.0 Å². The molecule has 0 aliphatic heterocycles. The standard InChI is InChI=1S/C13H16F4/c1-12(2,3)8-7-9-5-4-6-10(11(9)14)13(15,16)17/h4-6H,7-8H2,1-3H3. The molecule has 0 saturated carbocycles. The second-order valence-corrected chi connectivity index (χ2v) is 5.34. The van der Waals surface area contributed by atoms with E-state index in [2.05, 4.69) is 0 Å². The predicted octanol–water partition coefficient (Wildman–Crippen LogP) is 4.82. The first-order valence-corrected chi connectivity index (χ1v) is 5.46. The van der Waals surface area contributed by atoms with E-state index in [1.807, 2.05) is 20.8 Å². The molecule has 0 atom stereocenters. The minimum Gasteiger partial charge on any atom is -0.206 e. The van der Waals surface area contributed by atoms with E-state index < -0.39 is 17.6 Å². The van der Waals surface area contributed by atoms with Gasteiger partial charge in [0, 0.05) is 0 Å². The highest BCUT2D eigenvalue weighted by Gasteiger charge is 2.34. The summed E-state index contributed by atoms with van der Waals surface area (Å²) in [4.78, 5) is 0. The van der Waals surface area contributed by atoms with Crippen LogP contribution in [0.2, 0.25) is 0 Å². The Labute approximate surface area is 98.6 Å². The van der Waals surface area contributed by atoms with E-state index in [0.29, 0.717) is 12.8 Å². The number of hydrogen-bond acceptors (Lipinski definition) is 0. The Morgan fingerprint density at radius 1 is 1.06 bits per heavy atom. The Bertz CT molecular complexity index is 385. The molecule has 96 valence electrons. The summed E-state index contributed by atoms with van der Waals surface area (Å²) in [6.07, 6.45) is -3.66. The lowest BCUT2D eigenvalue weighted by atomic mass is 9.88. The van der Waals surface area contributed by atoms with E-state index in [0.717, 1.165) is 6.07 Å². The van der Waals surface area contributed by atoms with Crippen LogP contribution in [0.3, 0.4) is 0 Å². The fourth-order valence-corrected chi connectivity index (χ4v) is 1.50. The fraction of sp³-hybridized carbons (Fsp3) is 0.538. The smallest absolute Gasteiger partial charge is 0.206 e. The Morgan fingerprint density at radius 2 is 1.65 bits per heavy atom. The minimum atomic E-state index is -4.62. The van der Waals surface area contributed by atoms with Gasteiger partial charge < -0.3 is 0 Å². The van der Waals surface area contributed by atoms with Gasteiger partial charge in [-0.1, -0.05) is 32.9 Å². The third-order valence-electron chi connectivity index (χ3n) is 2.53. The first-order chi connectivity index (χ1) is 7.61. The summed E-state index contributed by atoms with van der Waals surface area (Å²) in [5.74, 6) is -1.13.